The third-order valence-electron chi connectivity index (χ3n) is 4.45. The normalized spacial score (nSPS) is 11.3. The molecule has 10 heteroatoms. The van der Waals surface area contributed by atoms with Crippen LogP contribution in [-0.2, 0) is 30.1 Å². The SMILES string of the molecule is CC(=O)Nc1cc(CCc2cnc(NC(=O)Nc3cc(C(C)(C)C)nn3C)s2)ccn1. The molecule has 3 amide bonds. The van der Waals surface area contributed by atoms with Gasteiger partial charge in [-0.3, -0.25) is 20.1 Å². The second kappa shape index (κ2) is 9.25. The van der Waals surface area contributed by atoms with Crippen LogP contribution in [0, 0.1) is 0 Å². The molecule has 0 unspecified atom stereocenters. The minimum atomic E-state index is -0.363. The first-order valence-electron chi connectivity index (χ1n) is 9.90. The summed E-state index contributed by atoms with van der Waals surface area (Å²) in [5.41, 5.74) is 1.86. The van der Waals surface area contributed by atoms with E-state index >= 15 is 0 Å². The Balaban J connectivity index is 1.55. The summed E-state index contributed by atoms with van der Waals surface area (Å²) in [5, 5.41) is 13.3. The van der Waals surface area contributed by atoms with Crippen molar-refractivity contribution in [1.29, 1.82) is 0 Å². The average Bonchev–Trinajstić information content (AvgIpc) is 3.26. The number of aryl methyl sites for hydroxylation is 3. The van der Waals surface area contributed by atoms with Crippen molar-refractivity contribution in [1.82, 2.24) is 19.7 Å². The molecule has 3 aromatic heterocycles. The molecule has 0 aliphatic carbocycles. The minimum absolute atomic E-state index is 0.101. The molecule has 0 saturated carbocycles. The van der Waals surface area contributed by atoms with Crippen molar-refractivity contribution in [2.24, 2.45) is 7.05 Å². The number of hydrogen-bond acceptors (Lipinski definition) is 6. The monoisotopic (exact) mass is 441 g/mol. The molecule has 3 rings (SSSR count). The van der Waals surface area contributed by atoms with Crippen molar-refractivity contribution in [2.45, 2.75) is 46.0 Å². The van der Waals surface area contributed by atoms with Gasteiger partial charge in [-0.15, -0.1) is 11.3 Å². The molecule has 0 bridgehead atoms. The Morgan fingerprint density at radius 2 is 1.87 bits per heavy atom. The fourth-order valence-electron chi connectivity index (χ4n) is 2.82. The summed E-state index contributed by atoms with van der Waals surface area (Å²) in [6.45, 7) is 7.67. The summed E-state index contributed by atoms with van der Waals surface area (Å²) in [5.74, 6) is 1.01. The van der Waals surface area contributed by atoms with Gasteiger partial charge in [0.2, 0.25) is 5.91 Å². The number of carbonyl (C=O) groups is 2. The zero-order valence-corrected chi connectivity index (χ0v) is 19.1. The van der Waals surface area contributed by atoms with Gasteiger partial charge >= 0.3 is 6.03 Å². The zero-order chi connectivity index (χ0) is 22.6. The summed E-state index contributed by atoms with van der Waals surface area (Å²) >= 11 is 1.43. The first-order valence-corrected chi connectivity index (χ1v) is 10.7. The van der Waals surface area contributed by atoms with Crippen molar-refractivity contribution in [3.63, 3.8) is 0 Å². The quantitative estimate of drug-likeness (QED) is 0.536. The van der Waals surface area contributed by atoms with E-state index in [1.54, 1.807) is 24.1 Å². The number of pyridine rings is 1. The standard InChI is InChI=1S/C21H27N7O2S/c1-13(29)24-17-10-14(8-9-22-17)6-7-15-12-23-20(31-15)26-19(30)25-18-11-16(21(2,3)4)27-28(18)5/h8-12H,6-7H2,1-5H3,(H,22,24,29)(H2,23,25,26,30). The van der Waals surface area contributed by atoms with E-state index in [1.165, 1.54) is 18.3 Å². The third kappa shape index (κ3) is 6.35. The fourth-order valence-corrected chi connectivity index (χ4v) is 3.63. The minimum Gasteiger partial charge on any atom is -0.311 e. The lowest BCUT2D eigenvalue weighted by atomic mass is 9.92. The highest BCUT2D eigenvalue weighted by molar-refractivity contribution is 7.15. The van der Waals surface area contributed by atoms with Crippen LogP contribution in [0.5, 0.6) is 0 Å². The second-order valence-corrected chi connectivity index (χ2v) is 9.34. The number of amides is 3. The lowest BCUT2D eigenvalue weighted by molar-refractivity contribution is -0.114. The highest BCUT2D eigenvalue weighted by atomic mass is 32.1. The number of nitrogens with zero attached hydrogens (tertiary/aromatic N) is 4. The molecule has 0 spiro atoms. The van der Waals surface area contributed by atoms with Gasteiger partial charge in [0.25, 0.3) is 0 Å². The summed E-state index contributed by atoms with van der Waals surface area (Å²) in [4.78, 5) is 33.0. The number of hydrogen-bond donors (Lipinski definition) is 3. The molecule has 0 aromatic carbocycles. The number of anilines is 3. The predicted octanol–water partition coefficient (Wildman–Crippen LogP) is 3.96. The van der Waals surface area contributed by atoms with Crippen LogP contribution in [0.2, 0.25) is 0 Å². The van der Waals surface area contributed by atoms with Crippen LogP contribution in [0.4, 0.5) is 21.6 Å². The van der Waals surface area contributed by atoms with E-state index in [1.807, 2.05) is 18.2 Å². The summed E-state index contributed by atoms with van der Waals surface area (Å²) < 4.78 is 1.65. The molecule has 0 fully saturated rings. The number of nitrogens with one attached hydrogen (secondary N) is 3. The van der Waals surface area contributed by atoms with Crippen molar-refractivity contribution < 1.29 is 9.59 Å². The molecule has 31 heavy (non-hydrogen) atoms. The smallest absolute Gasteiger partial charge is 0.311 e. The molecule has 3 N–H and O–H groups in total. The third-order valence-corrected chi connectivity index (χ3v) is 5.42. The average molecular weight is 442 g/mol. The van der Waals surface area contributed by atoms with E-state index in [-0.39, 0.29) is 17.4 Å². The van der Waals surface area contributed by atoms with Crippen LogP contribution in [0.25, 0.3) is 0 Å². The highest BCUT2D eigenvalue weighted by Crippen LogP contribution is 2.24. The van der Waals surface area contributed by atoms with E-state index in [4.69, 9.17) is 0 Å². The fraction of sp³-hybridized carbons (Fsp3) is 0.381. The highest BCUT2D eigenvalue weighted by Gasteiger charge is 2.20. The molecule has 3 aromatic rings. The maximum absolute atomic E-state index is 12.4. The van der Waals surface area contributed by atoms with Crippen molar-refractivity contribution in [3.8, 4) is 0 Å². The first kappa shape index (κ1) is 22.4. The van der Waals surface area contributed by atoms with Gasteiger partial charge in [-0.05, 0) is 30.5 Å². The van der Waals surface area contributed by atoms with Gasteiger partial charge in [0.15, 0.2) is 5.13 Å². The Bertz CT molecular complexity index is 1080. The molecule has 164 valence electrons. The van der Waals surface area contributed by atoms with Crippen LogP contribution < -0.4 is 16.0 Å². The van der Waals surface area contributed by atoms with E-state index in [0.717, 1.165) is 29.0 Å². The van der Waals surface area contributed by atoms with Gasteiger partial charge in [-0.2, -0.15) is 5.10 Å². The van der Waals surface area contributed by atoms with Crippen molar-refractivity contribution >= 4 is 40.0 Å². The number of carbonyl (C=O) groups excluding carboxylic acids is 2. The zero-order valence-electron chi connectivity index (χ0n) is 18.3. The molecule has 0 saturated heterocycles. The molecule has 0 aliphatic rings. The summed E-state index contributed by atoms with van der Waals surface area (Å²) in [6, 6.07) is 5.28. The molecule has 0 aliphatic heterocycles. The number of thiazole rings is 1. The topological polar surface area (TPSA) is 114 Å². The van der Waals surface area contributed by atoms with Gasteiger partial charge in [0, 0.05) is 42.7 Å². The number of rotatable bonds is 6. The Morgan fingerprint density at radius 1 is 1.10 bits per heavy atom. The Labute approximate surface area is 185 Å². The van der Waals surface area contributed by atoms with Crippen LogP contribution in [0.15, 0.2) is 30.6 Å². The molecular weight excluding hydrogens is 414 g/mol. The van der Waals surface area contributed by atoms with Gasteiger partial charge in [-0.25, -0.2) is 14.8 Å². The molecule has 9 nitrogen and oxygen atoms in total. The lowest BCUT2D eigenvalue weighted by Crippen LogP contribution is -2.20. The van der Waals surface area contributed by atoms with Gasteiger partial charge in [0.1, 0.15) is 11.6 Å². The number of urea groups is 1. The maximum Gasteiger partial charge on any atom is 0.326 e. The summed E-state index contributed by atoms with van der Waals surface area (Å²) in [6.07, 6.45) is 4.97. The second-order valence-electron chi connectivity index (χ2n) is 8.23. The van der Waals surface area contributed by atoms with Gasteiger partial charge in [0.05, 0.1) is 5.69 Å². The number of aromatic nitrogens is 4. The van der Waals surface area contributed by atoms with Gasteiger partial charge in [-0.1, -0.05) is 20.8 Å². The van der Waals surface area contributed by atoms with E-state index < -0.39 is 0 Å². The Morgan fingerprint density at radius 3 is 2.55 bits per heavy atom. The first-order chi connectivity index (χ1) is 14.6. The van der Waals surface area contributed by atoms with Crippen LogP contribution in [-0.4, -0.2) is 31.7 Å². The van der Waals surface area contributed by atoms with Crippen molar-refractivity contribution in [3.05, 3.63) is 46.7 Å². The van der Waals surface area contributed by atoms with Crippen molar-refractivity contribution in [2.75, 3.05) is 16.0 Å². The van der Waals surface area contributed by atoms with Crippen LogP contribution >= 0.6 is 11.3 Å². The maximum atomic E-state index is 12.4. The van der Waals surface area contributed by atoms with Crippen LogP contribution in [0.3, 0.4) is 0 Å². The molecule has 3 heterocycles. The van der Waals surface area contributed by atoms with E-state index in [2.05, 4.69) is 51.8 Å². The van der Waals surface area contributed by atoms with Gasteiger partial charge < -0.3 is 5.32 Å². The molecule has 0 atom stereocenters. The predicted molar refractivity (Wildman–Crippen MR) is 123 cm³/mol. The Hall–Kier alpha value is -3.27. The molecule has 0 radical (unpaired) electrons. The Kier molecular flexibility index (Phi) is 6.69. The summed E-state index contributed by atoms with van der Waals surface area (Å²) in [7, 11) is 1.79. The van der Waals surface area contributed by atoms with E-state index in [9.17, 15) is 9.59 Å². The largest absolute Gasteiger partial charge is 0.326 e. The van der Waals surface area contributed by atoms with Crippen LogP contribution in [0.1, 0.15) is 43.8 Å². The molecular formula is C21H27N7O2S. The van der Waals surface area contributed by atoms with E-state index in [0.29, 0.717) is 16.8 Å². The lowest BCUT2D eigenvalue weighted by Gasteiger charge is -2.13.